The van der Waals surface area contributed by atoms with Gasteiger partial charge in [0, 0.05) is 17.1 Å². The van der Waals surface area contributed by atoms with Gasteiger partial charge in [-0.3, -0.25) is 9.59 Å². The molecule has 0 unspecified atom stereocenters. The van der Waals surface area contributed by atoms with Crippen molar-refractivity contribution >= 4 is 47.1 Å². The molecule has 3 aromatic carbocycles. The summed E-state index contributed by atoms with van der Waals surface area (Å²) in [6.07, 6.45) is 1.93. The standard InChI is InChI=1S/C24H22ClN3O3S/c25-21-8-4-5-9-22(21)27-24(30)17-31-19-12-10-18(11-13-19)16-26-28-23(29)14-15-32-20-6-2-1-3-7-20/h1-13,16H,14-15,17H2,(H,27,30)(H,28,29)/b26-16-. The molecule has 0 saturated carbocycles. The normalized spacial score (nSPS) is 10.7. The van der Waals surface area contributed by atoms with Gasteiger partial charge in [0.2, 0.25) is 5.91 Å². The average Bonchev–Trinajstić information content (AvgIpc) is 2.81. The van der Waals surface area contributed by atoms with E-state index in [2.05, 4.69) is 15.8 Å². The Labute approximate surface area is 196 Å². The number of thioether (sulfide) groups is 1. The Hall–Kier alpha value is -3.29. The lowest BCUT2D eigenvalue weighted by Crippen LogP contribution is -2.20. The highest BCUT2D eigenvalue weighted by Crippen LogP contribution is 2.20. The fourth-order valence-electron chi connectivity index (χ4n) is 2.56. The van der Waals surface area contributed by atoms with Crippen molar-refractivity contribution in [3.8, 4) is 5.75 Å². The fourth-order valence-corrected chi connectivity index (χ4v) is 3.62. The van der Waals surface area contributed by atoms with Gasteiger partial charge in [-0.1, -0.05) is 41.9 Å². The predicted molar refractivity (Wildman–Crippen MR) is 130 cm³/mol. The molecule has 2 N–H and O–H groups in total. The van der Waals surface area contributed by atoms with Crippen LogP contribution in [0.4, 0.5) is 5.69 Å². The molecule has 164 valence electrons. The van der Waals surface area contributed by atoms with E-state index in [1.165, 1.54) is 0 Å². The van der Waals surface area contributed by atoms with Crippen LogP contribution in [0.5, 0.6) is 5.75 Å². The molecule has 0 aliphatic heterocycles. The lowest BCUT2D eigenvalue weighted by atomic mass is 10.2. The van der Waals surface area contributed by atoms with Crippen molar-refractivity contribution in [1.29, 1.82) is 0 Å². The third-order valence-electron chi connectivity index (χ3n) is 4.14. The highest BCUT2D eigenvalue weighted by molar-refractivity contribution is 7.99. The zero-order valence-corrected chi connectivity index (χ0v) is 18.7. The summed E-state index contributed by atoms with van der Waals surface area (Å²) in [4.78, 5) is 25.0. The number of para-hydroxylation sites is 1. The Balaban J connectivity index is 1.36. The number of nitrogens with zero attached hydrogens (tertiary/aromatic N) is 1. The summed E-state index contributed by atoms with van der Waals surface area (Å²) < 4.78 is 5.49. The Morgan fingerprint density at radius 3 is 2.41 bits per heavy atom. The topological polar surface area (TPSA) is 79.8 Å². The second-order valence-electron chi connectivity index (χ2n) is 6.59. The van der Waals surface area contributed by atoms with Crippen molar-refractivity contribution in [1.82, 2.24) is 5.43 Å². The lowest BCUT2D eigenvalue weighted by molar-refractivity contribution is -0.120. The number of hydrazone groups is 1. The lowest BCUT2D eigenvalue weighted by Gasteiger charge is -2.08. The highest BCUT2D eigenvalue weighted by atomic mass is 35.5. The van der Waals surface area contributed by atoms with E-state index < -0.39 is 0 Å². The number of rotatable bonds is 10. The number of hydrogen-bond acceptors (Lipinski definition) is 5. The van der Waals surface area contributed by atoms with E-state index in [0.29, 0.717) is 28.6 Å². The van der Waals surface area contributed by atoms with Crippen LogP contribution in [0, 0.1) is 0 Å². The van der Waals surface area contributed by atoms with Crippen LogP contribution < -0.4 is 15.5 Å². The van der Waals surface area contributed by atoms with Crippen LogP contribution >= 0.6 is 23.4 Å². The first kappa shape index (κ1) is 23.4. The molecule has 0 radical (unpaired) electrons. The van der Waals surface area contributed by atoms with Gasteiger partial charge in [-0.2, -0.15) is 5.10 Å². The Morgan fingerprint density at radius 2 is 1.66 bits per heavy atom. The molecule has 0 spiro atoms. The second-order valence-corrected chi connectivity index (χ2v) is 8.17. The fraction of sp³-hybridized carbons (Fsp3) is 0.125. The van der Waals surface area contributed by atoms with E-state index in [4.69, 9.17) is 16.3 Å². The molecular formula is C24H22ClN3O3S. The smallest absolute Gasteiger partial charge is 0.262 e. The summed E-state index contributed by atoms with van der Waals surface area (Å²) in [5.41, 5.74) is 3.85. The van der Waals surface area contributed by atoms with Gasteiger partial charge in [0.15, 0.2) is 6.61 Å². The van der Waals surface area contributed by atoms with E-state index in [9.17, 15) is 9.59 Å². The van der Waals surface area contributed by atoms with Crippen molar-refractivity contribution in [3.63, 3.8) is 0 Å². The average molecular weight is 468 g/mol. The molecule has 0 heterocycles. The number of ether oxygens (including phenoxy) is 1. The van der Waals surface area contributed by atoms with E-state index in [1.54, 1.807) is 66.5 Å². The monoisotopic (exact) mass is 467 g/mol. The molecule has 8 heteroatoms. The first-order valence-electron chi connectivity index (χ1n) is 9.87. The minimum absolute atomic E-state index is 0.143. The van der Waals surface area contributed by atoms with E-state index >= 15 is 0 Å². The molecule has 0 fully saturated rings. The SMILES string of the molecule is O=C(CCSc1ccccc1)N/N=C\c1ccc(OCC(=O)Nc2ccccc2Cl)cc1. The molecule has 3 aromatic rings. The van der Waals surface area contributed by atoms with Crippen LogP contribution in [0.2, 0.25) is 5.02 Å². The van der Waals surface area contributed by atoms with Crippen molar-refractivity contribution in [2.24, 2.45) is 5.10 Å². The van der Waals surface area contributed by atoms with Gasteiger partial charge < -0.3 is 10.1 Å². The van der Waals surface area contributed by atoms with Gasteiger partial charge in [0.1, 0.15) is 5.75 Å². The molecular weight excluding hydrogens is 446 g/mol. The molecule has 32 heavy (non-hydrogen) atoms. The molecule has 2 amide bonds. The maximum absolute atomic E-state index is 12.0. The third-order valence-corrected chi connectivity index (χ3v) is 5.49. The summed E-state index contributed by atoms with van der Waals surface area (Å²) in [5, 5.41) is 7.13. The Morgan fingerprint density at radius 1 is 0.938 bits per heavy atom. The summed E-state index contributed by atoms with van der Waals surface area (Å²) in [7, 11) is 0. The minimum Gasteiger partial charge on any atom is -0.484 e. The van der Waals surface area contributed by atoms with Crippen molar-refractivity contribution in [2.75, 3.05) is 17.7 Å². The first-order chi connectivity index (χ1) is 15.6. The van der Waals surface area contributed by atoms with Gasteiger partial charge in [-0.25, -0.2) is 5.43 Å². The summed E-state index contributed by atoms with van der Waals surface area (Å²) in [6.45, 7) is -0.143. The molecule has 0 aliphatic rings. The number of benzene rings is 3. The third kappa shape index (κ3) is 8.09. The van der Waals surface area contributed by atoms with Crippen LogP contribution in [0.1, 0.15) is 12.0 Å². The molecule has 0 aromatic heterocycles. The first-order valence-corrected chi connectivity index (χ1v) is 11.2. The zero-order chi connectivity index (χ0) is 22.6. The predicted octanol–water partition coefficient (Wildman–Crippen LogP) is 4.99. The number of halogens is 1. The van der Waals surface area contributed by atoms with Gasteiger partial charge >= 0.3 is 0 Å². The van der Waals surface area contributed by atoms with Crippen LogP contribution in [0.25, 0.3) is 0 Å². The quantitative estimate of drug-likeness (QED) is 0.250. The van der Waals surface area contributed by atoms with Crippen LogP contribution in [-0.2, 0) is 9.59 Å². The van der Waals surface area contributed by atoms with Crippen LogP contribution in [0.15, 0.2) is 88.9 Å². The summed E-state index contributed by atoms with van der Waals surface area (Å²) in [6, 6.07) is 23.9. The maximum Gasteiger partial charge on any atom is 0.262 e. The molecule has 0 aliphatic carbocycles. The van der Waals surface area contributed by atoms with E-state index in [-0.39, 0.29) is 18.4 Å². The summed E-state index contributed by atoms with van der Waals surface area (Å²) in [5.74, 6) is 0.769. The molecule has 3 rings (SSSR count). The number of amides is 2. The minimum atomic E-state index is -0.308. The Kier molecular flexibility index (Phi) is 9.16. The van der Waals surface area contributed by atoms with E-state index in [1.807, 2.05) is 30.3 Å². The highest BCUT2D eigenvalue weighted by Gasteiger charge is 2.06. The van der Waals surface area contributed by atoms with Crippen molar-refractivity contribution < 1.29 is 14.3 Å². The Bertz CT molecular complexity index is 1060. The maximum atomic E-state index is 12.0. The number of carbonyl (C=O) groups excluding carboxylic acids is 2. The number of anilines is 1. The molecule has 0 atom stereocenters. The van der Waals surface area contributed by atoms with Gasteiger partial charge in [0.05, 0.1) is 16.9 Å². The van der Waals surface area contributed by atoms with Crippen LogP contribution in [0.3, 0.4) is 0 Å². The molecule has 0 saturated heterocycles. The number of carbonyl (C=O) groups is 2. The van der Waals surface area contributed by atoms with Gasteiger partial charge in [0.25, 0.3) is 5.91 Å². The summed E-state index contributed by atoms with van der Waals surface area (Å²) >= 11 is 7.65. The zero-order valence-electron chi connectivity index (χ0n) is 17.2. The largest absolute Gasteiger partial charge is 0.484 e. The van der Waals surface area contributed by atoms with Gasteiger partial charge in [-0.05, 0) is 54.1 Å². The molecule has 0 bridgehead atoms. The second kappa shape index (κ2) is 12.5. The van der Waals surface area contributed by atoms with Gasteiger partial charge in [-0.15, -0.1) is 11.8 Å². The molecule has 6 nitrogen and oxygen atoms in total. The van der Waals surface area contributed by atoms with Crippen LogP contribution in [-0.4, -0.2) is 30.4 Å². The van der Waals surface area contributed by atoms with Crippen molar-refractivity contribution in [2.45, 2.75) is 11.3 Å². The van der Waals surface area contributed by atoms with Crippen molar-refractivity contribution in [3.05, 3.63) is 89.4 Å². The van der Waals surface area contributed by atoms with E-state index in [0.717, 1.165) is 10.5 Å². The number of hydrogen-bond donors (Lipinski definition) is 2. The number of nitrogens with one attached hydrogen (secondary N) is 2.